The van der Waals surface area contributed by atoms with E-state index in [-0.39, 0.29) is 17.8 Å². The van der Waals surface area contributed by atoms with Gasteiger partial charge in [0.1, 0.15) is 5.69 Å². The van der Waals surface area contributed by atoms with Crippen LogP contribution in [0.25, 0.3) is 0 Å². The predicted octanol–water partition coefficient (Wildman–Crippen LogP) is 1.05. The summed E-state index contributed by atoms with van der Waals surface area (Å²) in [6.07, 6.45) is 0. The Morgan fingerprint density at radius 3 is 2.94 bits per heavy atom. The highest BCUT2D eigenvalue weighted by Crippen LogP contribution is 2.05. The lowest BCUT2D eigenvalue weighted by Gasteiger charge is -2.07. The van der Waals surface area contributed by atoms with Crippen LogP contribution in [-0.4, -0.2) is 20.6 Å². The van der Waals surface area contributed by atoms with Crippen LogP contribution in [0.15, 0.2) is 33.9 Å². The maximum absolute atomic E-state index is 11.5. The Labute approximate surface area is 94.6 Å². The Kier molecular flexibility index (Phi) is 2.82. The molecular weight excluding hydrogens is 228 g/mol. The quantitative estimate of drug-likeness (QED) is 0.864. The number of pyridine rings is 1. The number of thiazole rings is 1. The van der Waals surface area contributed by atoms with Crippen molar-refractivity contribution in [3.8, 4) is 0 Å². The van der Waals surface area contributed by atoms with E-state index in [2.05, 4.69) is 4.98 Å². The van der Waals surface area contributed by atoms with E-state index in [0.717, 1.165) is 0 Å². The van der Waals surface area contributed by atoms with Gasteiger partial charge >= 0.3 is 5.97 Å². The smallest absolute Gasteiger partial charge is 0.352 e. The molecule has 0 saturated carbocycles. The average Bonchev–Trinajstić information content (AvgIpc) is 2.73. The molecule has 82 valence electrons. The highest BCUT2D eigenvalue weighted by molar-refractivity contribution is 7.07. The first-order chi connectivity index (χ1) is 7.68. The summed E-state index contributed by atoms with van der Waals surface area (Å²) in [5.41, 5.74) is 1.96. The molecule has 0 bridgehead atoms. The molecule has 0 unspecified atom stereocenters. The van der Waals surface area contributed by atoms with Crippen LogP contribution in [0.1, 0.15) is 16.2 Å². The van der Waals surface area contributed by atoms with Gasteiger partial charge in [-0.1, -0.05) is 6.07 Å². The normalized spacial score (nSPS) is 10.2. The van der Waals surface area contributed by atoms with Crippen molar-refractivity contribution in [3.63, 3.8) is 0 Å². The van der Waals surface area contributed by atoms with Gasteiger partial charge in [-0.15, -0.1) is 11.3 Å². The molecule has 0 radical (unpaired) electrons. The summed E-state index contributed by atoms with van der Waals surface area (Å²) in [5, 5.41) is 10.7. The van der Waals surface area contributed by atoms with Gasteiger partial charge in [-0.3, -0.25) is 9.36 Å². The molecule has 2 rings (SSSR count). The molecule has 0 saturated heterocycles. The molecule has 0 aliphatic carbocycles. The molecule has 1 N–H and O–H groups in total. The van der Waals surface area contributed by atoms with Crippen LogP contribution >= 0.6 is 11.3 Å². The molecular formula is C10H8N2O3S. The molecule has 2 aromatic rings. The molecule has 16 heavy (non-hydrogen) atoms. The zero-order chi connectivity index (χ0) is 11.5. The predicted molar refractivity (Wildman–Crippen MR) is 58.9 cm³/mol. The Bertz CT molecular complexity index is 560. The molecule has 6 heteroatoms. The number of rotatable bonds is 3. The summed E-state index contributed by atoms with van der Waals surface area (Å²) < 4.78 is 1.19. The van der Waals surface area contributed by atoms with Gasteiger partial charge in [0.25, 0.3) is 5.56 Å². The van der Waals surface area contributed by atoms with Gasteiger partial charge in [-0.05, 0) is 6.07 Å². The van der Waals surface area contributed by atoms with Gasteiger partial charge in [0, 0.05) is 11.4 Å². The van der Waals surface area contributed by atoms with E-state index >= 15 is 0 Å². The van der Waals surface area contributed by atoms with Crippen LogP contribution in [0, 0.1) is 0 Å². The summed E-state index contributed by atoms with van der Waals surface area (Å²) in [6, 6.07) is 4.16. The van der Waals surface area contributed by atoms with Gasteiger partial charge in [0.2, 0.25) is 0 Å². The summed E-state index contributed by atoms with van der Waals surface area (Å²) in [7, 11) is 0. The average molecular weight is 236 g/mol. The Balaban J connectivity index is 2.46. The molecule has 2 heterocycles. The first-order valence-electron chi connectivity index (χ1n) is 4.48. The van der Waals surface area contributed by atoms with E-state index < -0.39 is 5.97 Å². The minimum Gasteiger partial charge on any atom is -0.477 e. The molecule has 0 atom stereocenters. The molecule has 0 aliphatic heterocycles. The lowest BCUT2D eigenvalue weighted by atomic mass is 10.3. The van der Waals surface area contributed by atoms with Gasteiger partial charge in [0.05, 0.1) is 17.7 Å². The zero-order valence-corrected chi connectivity index (χ0v) is 8.98. The van der Waals surface area contributed by atoms with E-state index in [1.165, 1.54) is 34.1 Å². The van der Waals surface area contributed by atoms with Crippen molar-refractivity contribution in [1.29, 1.82) is 0 Å². The van der Waals surface area contributed by atoms with Gasteiger partial charge in [0.15, 0.2) is 0 Å². The fourth-order valence-corrected chi connectivity index (χ4v) is 1.90. The lowest BCUT2D eigenvalue weighted by molar-refractivity contribution is 0.0684. The first-order valence-corrected chi connectivity index (χ1v) is 5.43. The molecule has 0 aromatic carbocycles. The monoisotopic (exact) mass is 236 g/mol. The number of aromatic nitrogens is 2. The van der Waals surface area contributed by atoms with Crippen LogP contribution in [0.4, 0.5) is 0 Å². The summed E-state index contributed by atoms with van der Waals surface area (Å²) in [6.45, 7) is 0.185. The van der Waals surface area contributed by atoms with Crippen molar-refractivity contribution >= 4 is 17.3 Å². The van der Waals surface area contributed by atoms with E-state index in [4.69, 9.17) is 5.11 Å². The van der Waals surface area contributed by atoms with E-state index in [0.29, 0.717) is 5.69 Å². The standard InChI is InChI=1S/C10H8N2O3S/c13-9-3-1-2-8(10(14)15)12(9)4-7-5-16-6-11-7/h1-3,5-6H,4H2,(H,14,15). The van der Waals surface area contributed by atoms with Crippen LogP contribution in [0.3, 0.4) is 0 Å². The third kappa shape index (κ3) is 2.01. The third-order valence-corrected chi connectivity index (χ3v) is 2.71. The number of hydrogen-bond donors (Lipinski definition) is 1. The maximum atomic E-state index is 11.5. The largest absolute Gasteiger partial charge is 0.477 e. The van der Waals surface area contributed by atoms with E-state index in [9.17, 15) is 9.59 Å². The summed E-state index contributed by atoms with van der Waals surface area (Å²) in [4.78, 5) is 26.5. The van der Waals surface area contributed by atoms with Gasteiger partial charge < -0.3 is 5.11 Å². The Hall–Kier alpha value is -1.95. The fraction of sp³-hybridized carbons (Fsp3) is 0.100. The topological polar surface area (TPSA) is 72.2 Å². The third-order valence-electron chi connectivity index (χ3n) is 2.07. The highest BCUT2D eigenvalue weighted by Gasteiger charge is 2.11. The van der Waals surface area contributed by atoms with E-state index in [1.54, 1.807) is 10.9 Å². The Morgan fingerprint density at radius 2 is 2.31 bits per heavy atom. The SMILES string of the molecule is O=C(O)c1cccc(=O)n1Cc1cscn1. The van der Waals surface area contributed by atoms with Crippen LogP contribution in [0.2, 0.25) is 0 Å². The van der Waals surface area contributed by atoms with Crippen molar-refractivity contribution < 1.29 is 9.90 Å². The number of hydrogen-bond acceptors (Lipinski definition) is 4. The molecule has 0 amide bonds. The summed E-state index contributed by atoms with van der Waals surface area (Å²) in [5.74, 6) is -1.12. The van der Waals surface area contributed by atoms with Crippen molar-refractivity contribution in [1.82, 2.24) is 9.55 Å². The minimum absolute atomic E-state index is 0.0273. The minimum atomic E-state index is -1.12. The molecule has 0 fully saturated rings. The highest BCUT2D eigenvalue weighted by atomic mass is 32.1. The Morgan fingerprint density at radius 1 is 1.50 bits per heavy atom. The summed E-state index contributed by atoms with van der Waals surface area (Å²) >= 11 is 1.41. The fourth-order valence-electron chi connectivity index (χ4n) is 1.35. The first kappa shape index (κ1) is 10.6. The van der Waals surface area contributed by atoms with Crippen molar-refractivity contribution in [3.05, 3.63) is 50.8 Å². The van der Waals surface area contributed by atoms with Gasteiger partial charge in [-0.2, -0.15) is 0 Å². The second-order valence-electron chi connectivity index (χ2n) is 3.12. The van der Waals surface area contributed by atoms with E-state index in [1.807, 2.05) is 0 Å². The lowest BCUT2D eigenvalue weighted by Crippen LogP contribution is -2.25. The second kappa shape index (κ2) is 4.28. The number of aromatic carboxylic acids is 1. The van der Waals surface area contributed by atoms with Gasteiger partial charge in [-0.25, -0.2) is 9.78 Å². The van der Waals surface area contributed by atoms with Crippen molar-refractivity contribution in [2.75, 3.05) is 0 Å². The molecule has 2 aromatic heterocycles. The molecule has 0 spiro atoms. The molecule has 0 aliphatic rings. The number of carboxylic acids is 1. The maximum Gasteiger partial charge on any atom is 0.352 e. The molecule has 5 nitrogen and oxygen atoms in total. The zero-order valence-electron chi connectivity index (χ0n) is 8.16. The number of carbonyl (C=O) groups is 1. The number of nitrogens with zero attached hydrogens (tertiary/aromatic N) is 2. The van der Waals surface area contributed by atoms with Crippen molar-refractivity contribution in [2.24, 2.45) is 0 Å². The number of carboxylic acid groups (broad SMARTS) is 1. The van der Waals surface area contributed by atoms with Crippen molar-refractivity contribution in [2.45, 2.75) is 6.54 Å². The second-order valence-corrected chi connectivity index (χ2v) is 3.84. The van der Waals surface area contributed by atoms with Crippen LogP contribution in [-0.2, 0) is 6.54 Å². The van der Waals surface area contributed by atoms with Crippen LogP contribution in [0.5, 0.6) is 0 Å². The van der Waals surface area contributed by atoms with Crippen LogP contribution < -0.4 is 5.56 Å².